The van der Waals surface area contributed by atoms with Crippen LogP contribution in [0.2, 0.25) is 0 Å². The number of anilines is 1. The first-order valence-electron chi connectivity index (χ1n) is 8.29. The molecule has 2 N–H and O–H groups in total. The van der Waals surface area contributed by atoms with Crippen LogP contribution in [-0.4, -0.2) is 26.7 Å². The lowest BCUT2D eigenvalue weighted by Crippen LogP contribution is -2.26. The zero-order valence-corrected chi connectivity index (χ0v) is 16.1. The molecule has 2 aromatic rings. The summed E-state index contributed by atoms with van der Waals surface area (Å²) in [6.45, 7) is 5.81. The minimum atomic E-state index is -3.34. The Bertz CT molecular complexity index is 861. The molecule has 0 bridgehead atoms. The topological polar surface area (TPSA) is 84.5 Å². The van der Waals surface area contributed by atoms with Crippen LogP contribution in [0.25, 0.3) is 0 Å². The highest BCUT2D eigenvalue weighted by Gasteiger charge is 2.13. The van der Waals surface area contributed by atoms with Crippen LogP contribution >= 0.6 is 0 Å². The number of ether oxygens (including phenoxy) is 1. The number of rotatable bonds is 7. The Morgan fingerprint density at radius 1 is 1.04 bits per heavy atom. The van der Waals surface area contributed by atoms with Crippen molar-refractivity contribution in [3.05, 3.63) is 59.7 Å². The van der Waals surface area contributed by atoms with Crippen molar-refractivity contribution in [2.45, 2.75) is 32.9 Å². The molecule has 0 heterocycles. The predicted octanol–water partition coefficient (Wildman–Crippen LogP) is 3.34. The maximum Gasteiger partial charge on any atom is 0.251 e. The molecule has 0 aliphatic rings. The third-order valence-corrected chi connectivity index (χ3v) is 4.13. The Labute approximate surface area is 154 Å². The van der Waals surface area contributed by atoms with E-state index in [4.69, 9.17) is 4.74 Å². The molecule has 0 fully saturated rings. The average molecular weight is 376 g/mol. The van der Waals surface area contributed by atoms with E-state index in [0.29, 0.717) is 11.3 Å². The number of hydrogen-bond donors (Lipinski definition) is 2. The van der Waals surface area contributed by atoms with Crippen molar-refractivity contribution in [1.82, 2.24) is 5.32 Å². The van der Waals surface area contributed by atoms with E-state index in [2.05, 4.69) is 10.0 Å². The molecule has 0 aliphatic carbocycles. The largest absolute Gasteiger partial charge is 0.491 e. The number of hydrogen-bond acceptors (Lipinski definition) is 4. The summed E-state index contributed by atoms with van der Waals surface area (Å²) >= 11 is 0. The molecule has 1 atom stereocenters. The summed E-state index contributed by atoms with van der Waals surface area (Å²) in [7, 11) is -3.34. The van der Waals surface area contributed by atoms with Gasteiger partial charge in [0, 0.05) is 11.3 Å². The molecule has 140 valence electrons. The van der Waals surface area contributed by atoms with Gasteiger partial charge in [0.15, 0.2) is 0 Å². The van der Waals surface area contributed by atoms with Crippen LogP contribution in [0, 0.1) is 0 Å². The van der Waals surface area contributed by atoms with Crippen LogP contribution in [-0.2, 0) is 10.0 Å². The second-order valence-corrected chi connectivity index (χ2v) is 8.13. The third kappa shape index (κ3) is 6.07. The fourth-order valence-corrected chi connectivity index (χ4v) is 2.96. The van der Waals surface area contributed by atoms with Crippen molar-refractivity contribution in [2.75, 3.05) is 11.0 Å². The van der Waals surface area contributed by atoms with E-state index in [1.165, 1.54) is 0 Å². The fourth-order valence-electron chi connectivity index (χ4n) is 2.40. The lowest BCUT2D eigenvalue weighted by Gasteiger charge is -2.17. The second-order valence-electron chi connectivity index (χ2n) is 6.39. The summed E-state index contributed by atoms with van der Waals surface area (Å²) < 4.78 is 30.5. The molecule has 26 heavy (non-hydrogen) atoms. The molecular formula is C19H24N2O4S. The second kappa shape index (κ2) is 8.23. The van der Waals surface area contributed by atoms with Gasteiger partial charge in [-0.25, -0.2) is 8.42 Å². The Morgan fingerprint density at radius 2 is 1.69 bits per heavy atom. The van der Waals surface area contributed by atoms with Gasteiger partial charge in [0.25, 0.3) is 5.91 Å². The molecule has 0 radical (unpaired) electrons. The molecule has 1 unspecified atom stereocenters. The van der Waals surface area contributed by atoms with Crippen LogP contribution in [0.1, 0.15) is 42.7 Å². The van der Waals surface area contributed by atoms with Gasteiger partial charge in [0.2, 0.25) is 10.0 Å². The third-order valence-electron chi connectivity index (χ3n) is 3.53. The predicted molar refractivity (Wildman–Crippen MR) is 103 cm³/mol. The van der Waals surface area contributed by atoms with Crippen LogP contribution in [0.3, 0.4) is 0 Å². The van der Waals surface area contributed by atoms with Gasteiger partial charge in [-0.15, -0.1) is 0 Å². The number of amides is 1. The van der Waals surface area contributed by atoms with E-state index >= 15 is 0 Å². The summed E-state index contributed by atoms with van der Waals surface area (Å²) in [5.41, 5.74) is 1.80. The molecular weight excluding hydrogens is 352 g/mol. The van der Waals surface area contributed by atoms with Gasteiger partial charge in [-0.2, -0.15) is 0 Å². The lowest BCUT2D eigenvalue weighted by molar-refractivity contribution is 0.0939. The minimum Gasteiger partial charge on any atom is -0.491 e. The van der Waals surface area contributed by atoms with Crippen LogP contribution in [0.5, 0.6) is 5.75 Å². The van der Waals surface area contributed by atoms with Gasteiger partial charge in [-0.1, -0.05) is 12.1 Å². The van der Waals surface area contributed by atoms with Crippen LogP contribution in [0.4, 0.5) is 5.69 Å². The van der Waals surface area contributed by atoms with E-state index < -0.39 is 10.0 Å². The summed E-state index contributed by atoms with van der Waals surface area (Å²) in [6, 6.07) is 13.7. The van der Waals surface area contributed by atoms with E-state index in [9.17, 15) is 13.2 Å². The van der Waals surface area contributed by atoms with E-state index in [-0.39, 0.29) is 18.1 Å². The normalized spacial score (nSPS) is 12.5. The van der Waals surface area contributed by atoms with Gasteiger partial charge in [-0.3, -0.25) is 9.52 Å². The quantitative estimate of drug-likeness (QED) is 0.776. The zero-order chi connectivity index (χ0) is 19.3. The molecule has 2 rings (SSSR count). The summed E-state index contributed by atoms with van der Waals surface area (Å²) in [5.74, 6) is 0.522. The Morgan fingerprint density at radius 3 is 2.27 bits per heavy atom. The SMILES string of the molecule is CC(C)Oc1cccc(C(C)NC(=O)c2ccc(NS(C)(=O)=O)cc2)c1. The number of carbonyl (C=O) groups is 1. The molecule has 6 nitrogen and oxygen atoms in total. The summed E-state index contributed by atoms with van der Waals surface area (Å²) in [5, 5.41) is 2.93. The molecule has 7 heteroatoms. The van der Waals surface area contributed by atoms with Gasteiger partial charge >= 0.3 is 0 Å². The van der Waals surface area contributed by atoms with Crippen LogP contribution < -0.4 is 14.8 Å². The van der Waals surface area contributed by atoms with Crippen LogP contribution in [0.15, 0.2) is 48.5 Å². The van der Waals surface area contributed by atoms with Crippen molar-refractivity contribution in [2.24, 2.45) is 0 Å². The Balaban J connectivity index is 2.05. The van der Waals surface area contributed by atoms with Gasteiger partial charge in [-0.05, 0) is 62.7 Å². The molecule has 0 saturated carbocycles. The first-order valence-corrected chi connectivity index (χ1v) is 10.2. The first-order chi connectivity index (χ1) is 12.1. The van der Waals surface area contributed by atoms with Crippen molar-refractivity contribution in [3.8, 4) is 5.75 Å². The average Bonchev–Trinajstić information content (AvgIpc) is 2.53. The Hall–Kier alpha value is -2.54. The number of carbonyl (C=O) groups excluding carboxylic acids is 1. The standard InChI is InChI=1S/C19H24N2O4S/c1-13(2)25-18-7-5-6-16(12-18)14(3)20-19(22)15-8-10-17(11-9-15)21-26(4,23)24/h5-14,21H,1-4H3,(H,20,22). The number of benzene rings is 2. The van der Waals surface area contributed by atoms with Crippen molar-refractivity contribution in [3.63, 3.8) is 0 Å². The molecule has 0 aromatic heterocycles. The van der Waals surface area contributed by atoms with Crippen molar-refractivity contribution >= 4 is 21.6 Å². The molecule has 0 saturated heterocycles. The molecule has 2 aromatic carbocycles. The zero-order valence-electron chi connectivity index (χ0n) is 15.3. The Kier molecular flexibility index (Phi) is 6.26. The number of sulfonamides is 1. The number of nitrogens with one attached hydrogen (secondary N) is 2. The monoisotopic (exact) mass is 376 g/mol. The van der Waals surface area contributed by atoms with Gasteiger partial charge in [0.05, 0.1) is 18.4 Å². The van der Waals surface area contributed by atoms with E-state index in [1.54, 1.807) is 24.3 Å². The molecule has 1 amide bonds. The maximum atomic E-state index is 12.4. The van der Waals surface area contributed by atoms with E-state index in [0.717, 1.165) is 17.6 Å². The highest BCUT2D eigenvalue weighted by atomic mass is 32.2. The van der Waals surface area contributed by atoms with Crippen molar-refractivity contribution in [1.29, 1.82) is 0 Å². The molecule has 0 aliphatic heterocycles. The highest BCUT2D eigenvalue weighted by molar-refractivity contribution is 7.92. The molecule has 0 spiro atoms. The van der Waals surface area contributed by atoms with E-state index in [1.807, 2.05) is 45.0 Å². The van der Waals surface area contributed by atoms with Crippen molar-refractivity contribution < 1.29 is 17.9 Å². The minimum absolute atomic E-state index is 0.0780. The highest BCUT2D eigenvalue weighted by Crippen LogP contribution is 2.20. The summed E-state index contributed by atoms with van der Waals surface area (Å²) in [4.78, 5) is 12.4. The first kappa shape index (κ1) is 19.8. The van der Waals surface area contributed by atoms with Gasteiger partial charge < -0.3 is 10.1 Å². The lowest BCUT2D eigenvalue weighted by atomic mass is 10.1. The summed E-state index contributed by atoms with van der Waals surface area (Å²) in [6.07, 6.45) is 1.15. The smallest absolute Gasteiger partial charge is 0.251 e. The maximum absolute atomic E-state index is 12.4. The van der Waals surface area contributed by atoms with Gasteiger partial charge in [0.1, 0.15) is 5.75 Å². The fraction of sp³-hybridized carbons (Fsp3) is 0.316.